The van der Waals surface area contributed by atoms with Gasteiger partial charge in [0.15, 0.2) is 11.5 Å². The molecule has 3 aromatic rings. The van der Waals surface area contributed by atoms with Gasteiger partial charge in [-0.1, -0.05) is 59.6 Å². The van der Waals surface area contributed by atoms with Crippen molar-refractivity contribution in [3.05, 3.63) is 99.0 Å². The number of nitrogens with zero attached hydrogens (tertiary/aromatic N) is 2. The van der Waals surface area contributed by atoms with E-state index in [1.807, 2.05) is 36.4 Å². The van der Waals surface area contributed by atoms with Gasteiger partial charge in [-0.15, -0.1) is 0 Å². The number of hydrogen-bond donors (Lipinski definition) is 2. The molecule has 0 aromatic heterocycles. The van der Waals surface area contributed by atoms with E-state index in [1.54, 1.807) is 36.4 Å². The molecule has 4 amide bonds. The van der Waals surface area contributed by atoms with Gasteiger partial charge in [-0.05, 0) is 82.6 Å². The Hall–Kier alpha value is -4.48. The first-order valence-corrected chi connectivity index (χ1v) is 17.2. The number of methoxy groups -OCH3 is 1. The number of carboxylic acid groups (broad SMARTS) is 1. The molecule has 2 aliphatic carbocycles. The number of likely N-dealkylation sites (tertiary alicyclic amines) is 1. The van der Waals surface area contributed by atoms with Crippen LogP contribution < -0.4 is 9.64 Å². The lowest BCUT2D eigenvalue weighted by atomic mass is 9.49. The second kappa shape index (κ2) is 12.4. The number of imide groups is 2. The molecule has 12 heteroatoms. The molecule has 0 radical (unpaired) electrons. The molecule has 2 heterocycles. The maximum Gasteiger partial charge on any atom is 0.303 e. The lowest BCUT2D eigenvalue weighted by Gasteiger charge is -2.50. The number of halogens is 2. The van der Waals surface area contributed by atoms with Crippen LogP contribution in [0.2, 0.25) is 5.02 Å². The van der Waals surface area contributed by atoms with Gasteiger partial charge in [0.2, 0.25) is 23.6 Å². The van der Waals surface area contributed by atoms with Crippen molar-refractivity contribution in [2.24, 2.45) is 23.7 Å². The van der Waals surface area contributed by atoms with Crippen LogP contribution in [0.15, 0.2) is 82.9 Å². The van der Waals surface area contributed by atoms with Crippen molar-refractivity contribution >= 4 is 62.8 Å². The van der Waals surface area contributed by atoms with Crippen LogP contribution in [0.25, 0.3) is 0 Å². The Morgan fingerprint density at radius 1 is 1.00 bits per heavy atom. The number of carboxylic acids is 1. The maximum atomic E-state index is 15.3. The minimum absolute atomic E-state index is 0.0120. The van der Waals surface area contributed by atoms with E-state index >= 15 is 4.79 Å². The number of amides is 4. The summed E-state index contributed by atoms with van der Waals surface area (Å²) in [5, 5.41) is 20.3. The van der Waals surface area contributed by atoms with Crippen LogP contribution in [-0.4, -0.2) is 58.4 Å². The summed E-state index contributed by atoms with van der Waals surface area (Å²) in [7, 11) is 1.42. The molecule has 6 unspecified atom stereocenters. The van der Waals surface area contributed by atoms with Crippen LogP contribution in [0.3, 0.4) is 0 Å². The molecule has 4 aliphatic rings. The Morgan fingerprint density at radius 2 is 1.76 bits per heavy atom. The van der Waals surface area contributed by atoms with Crippen LogP contribution >= 0.6 is 27.5 Å². The van der Waals surface area contributed by atoms with E-state index in [2.05, 4.69) is 15.9 Å². The summed E-state index contributed by atoms with van der Waals surface area (Å²) >= 11 is 9.82. The van der Waals surface area contributed by atoms with Gasteiger partial charge < -0.3 is 14.9 Å². The number of anilines is 1. The molecule has 2 N–H and O–H groups in total. The maximum absolute atomic E-state index is 15.3. The second-order valence-electron chi connectivity index (χ2n) is 13.0. The average molecular weight is 748 g/mol. The number of carbonyl (C=O) groups is 5. The number of aromatic hydroxyl groups is 1. The molecule has 252 valence electrons. The number of aliphatic carboxylic acids is 1. The Morgan fingerprint density at radius 3 is 2.45 bits per heavy atom. The van der Waals surface area contributed by atoms with E-state index in [0.29, 0.717) is 26.3 Å². The number of ether oxygens (including phenoxy) is 1. The van der Waals surface area contributed by atoms with E-state index in [4.69, 9.17) is 21.4 Å². The zero-order valence-electron chi connectivity index (χ0n) is 26.3. The molecule has 0 spiro atoms. The number of fused-ring (bicyclic) bond motifs is 4. The molecule has 3 aromatic carbocycles. The Labute approximate surface area is 295 Å². The topological polar surface area (TPSA) is 142 Å². The monoisotopic (exact) mass is 746 g/mol. The van der Waals surface area contributed by atoms with Crippen LogP contribution in [0.4, 0.5) is 5.69 Å². The molecule has 1 saturated carbocycles. The molecule has 3 fully saturated rings. The first-order chi connectivity index (χ1) is 23.5. The number of hydrogen-bond acceptors (Lipinski definition) is 7. The standard InChI is InChI=1S/C37H32BrClN2O8/c1-49-28-16-19(15-27(38)32(28)44)31-23-12-13-24-30(35(47)40(33(24)45)14-6-11-29(42)43)25(23)18-26-34(46)41(22-10-5-9-21(39)17-22)36(48)37(26,31)20-7-3-2-4-8-20/h2-5,7-10,12,15-17,24-26,30-31,44H,6,11,13-14,18H2,1H3,(H,42,43). The predicted molar refractivity (Wildman–Crippen MR) is 182 cm³/mol. The van der Waals surface area contributed by atoms with Gasteiger partial charge in [-0.2, -0.15) is 0 Å². The Kier molecular flexibility index (Phi) is 8.39. The molecule has 6 atom stereocenters. The van der Waals surface area contributed by atoms with Crippen LogP contribution in [0.1, 0.15) is 42.7 Å². The third kappa shape index (κ3) is 5.00. The first-order valence-electron chi connectivity index (χ1n) is 16.0. The number of phenolic OH excluding ortho intramolecular Hbond substituents is 1. The van der Waals surface area contributed by atoms with Crippen molar-refractivity contribution in [2.75, 3.05) is 18.6 Å². The van der Waals surface area contributed by atoms with E-state index in [9.17, 15) is 24.3 Å². The van der Waals surface area contributed by atoms with E-state index in [1.165, 1.54) is 16.9 Å². The highest BCUT2D eigenvalue weighted by molar-refractivity contribution is 9.10. The summed E-state index contributed by atoms with van der Waals surface area (Å²) < 4.78 is 5.86. The SMILES string of the molecule is COc1cc(C2C3=CCC4C(=O)N(CCCC(=O)O)C(=O)C4C3CC3C(=O)N(c4cccc(Cl)c4)C(=O)C32c2ccccc2)cc(Br)c1O. The normalized spacial score (nSPS) is 27.5. The fourth-order valence-corrected chi connectivity index (χ4v) is 9.35. The first kappa shape index (κ1) is 33.0. The minimum atomic E-state index is -1.48. The van der Waals surface area contributed by atoms with Crippen molar-refractivity contribution in [1.82, 2.24) is 4.90 Å². The molecule has 0 bridgehead atoms. The number of rotatable bonds is 8. The number of carbonyl (C=O) groups excluding carboxylic acids is 4. The summed E-state index contributed by atoms with van der Waals surface area (Å²) in [5.41, 5.74) is 0.783. The average Bonchev–Trinajstić information content (AvgIpc) is 3.46. The quantitative estimate of drug-likeness (QED) is 0.216. The largest absolute Gasteiger partial charge is 0.503 e. The van der Waals surface area contributed by atoms with Gasteiger partial charge in [0.05, 0.1) is 40.4 Å². The summed E-state index contributed by atoms with van der Waals surface area (Å²) in [6.07, 6.45) is 2.24. The van der Waals surface area contributed by atoms with Gasteiger partial charge in [-0.3, -0.25) is 28.9 Å². The highest BCUT2D eigenvalue weighted by atomic mass is 79.9. The van der Waals surface area contributed by atoms with Gasteiger partial charge in [-0.25, -0.2) is 4.90 Å². The zero-order valence-corrected chi connectivity index (χ0v) is 28.7. The van der Waals surface area contributed by atoms with Gasteiger partial charge in [0.25, 0.3) is 0 Å². The van der Waals surface area contributed by atoms with Crippen molar-refractivity contribution in [3.63, 3.8) is 0 Å². The molecule has 10 nitrogen and oxygen atoms in total. The fraction of sp³-hybridized carbons (Fsp3) is 0.324. The third-order valence-corrected chi connectivity index (χ3v) is 11.5. The van der Waals surface area contributed by atoms with E-state index < -0.39 is 58.7 Å². The number of allylic oxidation sites excluding steroid dienone is 2. The van der Waals surface area contributed by atoms with E-state index in [-0.39, 0.29) is 49.6 Å². The predicted octanol–water partition coefficient (Wildman–Crippen LogP) is 5.84. The lowest BCUT2D eigenvalue weighted by molar-refractivity contribution is -0.142. The highest BCUT2D eigenvalue weighted by Crippen LogP contribution is 2.65. The van der Waals surface area contributed by atoms with Crippen molar-refractivity contribution in [1.29, 1.82) is 0 Å². The van der Waals surface area contributed by atoms with Crippen LogP contribution in [-0.2, 0) is 29.4 Å². The zero-order chi connectivity index (χ0) is 34.8. The highest BCUT2D eigenvalue weighted by Gasteiger charge is 2.70. The van der Waals surface area contributed by atoms with Gasteiger partial charge >= 0.3 is 5.97 Å². The summed E-state index contributed by atoms with van der Waals surface area (Å²) in [5.74, 6) is -6.44. The number of benzene rings is 3. The van der Waals surface area contributed by atoms with Crippen LogP contribution in [0.5, 0.6) is 11.5 Å². The molecule has 2 aliphatic heterocycles. The Bertz CT molecular complexity index is 1950. The van der Waals surface area contributed by atoms with Gasteiger partial charge in [0.1, 0.15) is 0 Å². The van der Waals surface area contributed by atoms with Gasteiger partial charge in [0, 0.05) is 23.9 Å². The lowest BCUT2D eigenvalue weighted by Crippen LogP contribution is -2.53. The number of phenols is 1. The van der Waals surface area contributed by atoms with Crippen molar-refractivity contribution in [2.45, 2.75) is 37.0 Å². The minimum Gasteiger partial charge on any atom is -0.503 e. The second-order valence-corrected chi connectivity index (χ2v) is 14.3. The van der Waals surface area contributed by atoms with E-state index in [0.717, 1.165) is 5.57 Å². The summed E-state index contributed by atoms with van der Waals surface area (Å²) in [4.78, 5) is 71.4. The molecule has 2 saturated heterocycles. The molecular formula is C37H32BrClN2O8. The fourth-order valence-electron chi connectivity index (χ4n) is 8.71. The molecule has 7 rings (SSSR count). The van der Waals surface area contributed by atoms with Crippen molar-refractivity contribution in [3.8, 4) is 11.5 Å². The molecule has 49 heavy (non-hydrogen) atoms. The Balaban J connectivity index is 1.45. The summed E-state index contributed by atoms with van der Waals surface area (Å²) in [6.45, 7) is -0.0120. The molecular weight excluding hydrogens is 716 g/mol. The smallest absolute Gasteiger partial charge is 0.303 e. The van der Waals surface area contributed by atoms with Crippen molar-refractivity contribution < 1.29 is 38.9 Å². The summed E-state index contributed by atoms with van der Waals surface area (Å²) in [6, 6.07) is 19.0. The van der Waals surface area contributed by atoms with Crippen LogP contribution in [0, 0.1) is 23.7 Å². The third-order valence-electron chi connectivity index (χ3n) is 10.6.